The van der Waals surface area contributed by atoms with Crippen LogP contribution in [-0.2, 0) is 0 Å². The van der Waals surface area contributed by atoms with E-state index in [1.54, 1.807) is 24.3 Å². The van der Waals surface area contributed by atoms with Gasteiger partial charge in [-0.25, -0.2) is 4.39 Å². The summed E-state index contributed by atoms with van der Waals surface area (Å²) in [5, 5.41) is 10.9. The second-order valence-corrected chi connectivity index (χ2v) is 4.66. The fourth-order valence-corrected chi connectivity index (χ4v) is 2.13. The lowest BCUT2D eigenvalue weighted by atomic mass is 10.1. The molecule has 0 spiro atoms. The van der Waals surface area contributed by atoms with E-state index < -0.39 is 21.9 Å². The first-order valence-electron chi connectivity index (χ1n) is 6.23. The first-order valence-corrected chi connectivity index (χ1v) is 6.23. The van der Waals surface area contributed by atoms with Gasteiger partial charge in [-0.3, -0.25) is 14.9 Å². The number of nitrogens with two attached hydrogens (primary N) is 1. The highest BCUT2D eigenvalue weighted by Crippen LogP contribution is 2.29. The van der Waals surface area contributed by atoms with E-state index in [0.29, 0.717) is 11.3 Å². The highest BCUT2D eigenvalue weighted by Gasteiger charge is 2.19. The molecule has 0 atom stereocenters. The van der Waals surface area contributed by atoms with E-state index in [2.05, 4.69) is 0 Å². The monoisotopic (exact) mass is 300 g/mol. The van der Waals surface area contributed by atoms with E-state index in [1.165, 1.54) is 0 Å². The normalized spacial score (nSPS) is 10.8. The first kappa shape index (κ1) is 13.7. The van der Waals surface area contributed by atoms with E-state index in [-0.39, 0.29) is 16.7 Å². The van der Waals surface area contributed by atoms with Crippen molar-refractivity contribution >= 4 is 22.3 Å². The molecule has 0 saturated carbocycles. The van der Waals surface area contributed by atoms with Crippen LogP contribution >= 0.6 is 0 Å². The number of fused-ring (bicyclic) bond motifs is 1. The molecule has 0 saturated heterocycles. The van der Waals surface area contributed by atoms with Gasteiger partial charge in [-0.15, -0.1) is 0 Å². The molecular formula is C15H9FN2O4. The summed E-state index contributed by atoms with van der Waals surface area (Å²) < 4.78 is 18.9. The van der Waals surface area contributed by atoms with Gasteiger partial charge in [0.2, 0.25) is 5.58 Å². The maximum Gasteiger partial charge on any atom is 0.315 e. The largest absolute Gasteiger partial charge is 0.449 e. The van der Waals surface area contributed by atoms with Gasteiger partial charge in [0, 0.05) is 17.3 Å². The summed E-state index contributed by atoms with van der Waals surface area (Å²) in [6.07, 6.45) is 0. The molecule has 2 N–H and O–H groups in total. The molecule has 0 aliphatic rings. The number of nitro groups is 1. The van der Waals surface area contributed by atoms with Gasteiger partial charge in [0.05, 0.1) is 16.4 Å². The molecule has 2 aromatic carbocycles. The Morgan fingerprint density at radius 3 is 2.45 bits per heavy atom. The molecule has 0 unspecified atom stereocenters. The van der Waals surface area contributed by atoms with Gasteiger partial charge in [0.25, 0.3) is 0 Å². The SMILES string of the molecule is Nc1ccc(-c2cc(=O)c3cc(F)cc([N+](=O)[O-])c3o2)cc1. The number of benzene rings is 2. The van der Waals surface area contributed by atoms with Crippen molar-refractivity contribution in [1.82, 2.24) is 0 Å². The lowest BCUT2D eigenvalue weighted by Gasteiger charge is -2.04. The molecule has 0 bridgehead atoms. The molecule has 0 fully saturated rings. The van der Waals surface area contributed by atoms with Crippen LogP contribution in [0.5, 0.6) is 0 Å². The Kier molecular flexibility index (Phi) is 3.10. The summed E-state index contributed by atoms with van der Waals surface area (Å²) in [4.78, 5) is 22.3. The number of halogens is 1. The standard InChI is InChI=1S/C15H9FN2O4/c16-9-5-11-13(19)7-14(8-1-3-10(17)4-2-8)22-15(11)12(6-9)18(20)21/h1-7H,17H2. The molecule has 0 radical (unpaired) electrons. The fourth-order valence-electron chi connectivity index (χ4n) is 2.13. The highest BCUT2D eigenvalue weighted by molar-refractivity contribution is 5.86. The van der Waals surface area contributed by atoms with Gasteiger partial charge in [-0.1, -0.05) is 0 Å². The predicted octanol–water partition coefficient (Wildman–Crippen LogP) is 3.09. The minimum atomic E-state index is -0.869. The Bertz CT molecular complexity index is 948. The van der Waals surface area contributed by atoms with Crippen LogP contribution in [-0.4, -0.2) is 4.92 Å². The fraction of sp³-hybridized carbons (Fsp3) is 0. The van der Waals surface area contributed by atoms with Crippen molar-refractivity contribution in [1.29, 1.82) is 0 Å². The zero-order chi connectivity index (χ0) is 15.9. The van der Waals surface area contributed by atoms with Crippen LogP contribution < -0.4 is 11.2 Å². The first-order chi connectivity index (χ1) is 10.5. The lowest BCUT2D eigenvalue weighted by molar-refractivity contribution is -0.383. The molecule has 6 nitrogen and oxygen atoms in total. The Labute approximate surface area is 122 Å². The van der Waals surface area contributed by atoms with Gasteiger partial charge in [0.1, 0.15) is 11.6 Å². The smallest absolute Gasteiger partial charge is 0.315 e. The van der Waals surface area contributed by atoms with Crippen LogP contribution in [0.4, 0.5) is 15.8 Å². The van der Waals surface area contributed by atoms with Gasteiger partial charge in [-0.05, 0) is 30.3 Å². The van der Waals surface area contributed by atoms with Crippen molar-refractivity contribution in [2.24, 2.45) is 0 Å². The van der Waals surface area contributed by atoms with E-state index in [0.717, 1.165) is 18.2 Å². The van der Waals surface area contributed by atoms with Crippen molar-refractivity contribution in [3.63, 3.8) is 0 Å². The lowest BCUT2D eigenvalue weighted by Crippen LogP contribution is -2.03. The Morgan fingerprint density at radius 1 is 1.14 bits per heavy atom. The van der Waals surface area contributed by atoms with E-state index >= 15 is 0 Å². The maximum atomic E-state index is 13.4. The van der Waals surface area contributed by atoms with Gasteiger partial charge in [-0.2, -0.15) is 0 Å². The summed E-state index contributed by atoms with van der Waals surface area (Å²) in [6, 6.07) is 9.26. The molecule has 0 aliphatic heterocycles. The van der Waals surface area contributed by atoms with Gasteiger partial charge in [0.15, 0.2) is 5.43 Å². The molecule has 3 rings (SSSR count). The van der Waals surface area contributed by atoms with Crippen LogP contribution in [0, 0.1) is 15.9 Å². The number of nitrogen functional groups attached to an aromatic ring is 1. The molecular weight excluding hydrogens is 291 g/mol. The summed E-state index contributed by atoms with van der Waals surface area (Å²) >= 11 is 0. The van der Waals surface area contributed by atoms with Crippen LogP contribution in [0.2, 0.25) is 0 Å². The quantitative estimate of drug-likeness (QED) is 0.445. The van der Waals surface area contributed by atoms with E-state index in [4.69, 9.17) is 10.2 Å². The average molecular weight is 300 g/mol. The number of rotatable bonds is 2. The summed E-state index contributed by atoms with van der Waals surface area (Å²) in [7, 11) is 0. The number of anilines is 1. The van der Waals surface area contributed by atoms with E-state index in [1.807, 2.05) is 0 Å². The van der Waals surface area contributed by atoms with Gasteiger partial charge >= 0.3 is 5.69 Å². The van der Waals surface area contributed by atoms with Crippen molar-refractivity contribution in [2.75, 3.05) is 5.73 Å². The summed E-state index contributed by atoms with van der Waals surface area (Å²) in [6.45, 7) is 0. The Hall–Kier alpha value is -3.22. The third-order valence-electron chi connectivity index (χ3n) is 3.17. The van der Waals surface area contributed by atoms with Gasteiger partial charge < -0.3 is 10.2 Å². The second kappa shape index (κ2) is 4.96. The minimum Gasteiger partial charge on any atom is -0.449 e. The van der Waals surface area contributed by atoms with Crippen LogP contribution in [0.15, 0.2) is 51.7 Å². The molecule has 7 heteroatoms. The van der Waals surface area contributed by atoms with Crippen LogP contribution in [0.3, 0.4) is 0 Å². The number of non-ortho nitro benzene ring substituents is 1. The van der Waals surface area contributed by atoms with Crippen LogP contribution in [0.1, 0.15) is 0 Å². The van der Waals surface area contributed by atoms with Crippen molar-refractivity contribution in [2.45, 2.75) is 0 Å². The minimum absolute atomic E-state index is 0.146. The second-order valence-electron chi connectivity index (χ2n) is 4.66. The van der Waals surface area contributed by atoms with Crippen molar-refractivity contribution in [3.05, 3.63) is 68.6 Å². The Balaban J connectivity index is 2.34. The number of hydrogen-bond donors (Lipinski definition) is 1. The molecule has 0 aliphatic carbocycles. The molecule has 1 heterocycles. The summed E-state index contributed by atoms with van der Waals surface area (Å²) in [5.41, 5.74) is 5.23. The van der Waals surface area contributed by atoms with Crippen molar-refractivity contribution < 1.29 is 13.7 Å². The summed E-state index contributed by atoms with van der Waals surface area (Å²) in [5.74, 6) is -0.723. The molecule has 0 amide bonds. The predicted molar refractivity (Wildman–Crippen MR) is 78.9 cm³/mol. The molecule has 3 aromatic rings. The molecule has 1 aromatic heterocycles. The average Bonchev–Trinajstić information content (AvgIpc) is 2.47. The third-order valence-corrected chi connectivity index (χ3v) is 3.17. The molecule has 110 valence electrons. The number of hydrogen-bond acceptors (Lipinski definition) is 5. The number of nitrogens with zero attached hydrogens (tertiary/aromatic N) is 1. The van der Waals surface area contributed by atoms with Crippen molar-refractivity contribution in [3.8, 4) is 11.3 Å². The topological polar surface area (TPSA) is 99.4 Å². The zero-order valence-corrected chi connectivity index (χ0v) is 11.1. The maximum absolute atomic E-state index is 13.4. The molecule has 22 heavy (non-hydrogen) atoms. The van der Waals surface area contributed by atoms with E-state index in [9.17, 15) is 19.3 Å². The van der Waals surface area contributed by atoms with Crippen LogP contribution in [0.25, 0.3) is 22.3 Å². The zero-order valence-electron chi connectivity index (χ0n) is 11.1. The number of nitro benzene ring substituents is 1. The highest BCUT2D eigenvalue weighted by atomic mass is 19.1. The third kappa shape index (κ3) is 2.28. The Morgan fingerprint density at radius 2 is 1.82 bits per heavy atom.